The predicted molar refractivity (Wildman–Crippen MR) is 80.8 cm³/mol. The van der Waals surface area contributed by atoms with Crippen LogP contribution in [-0.4, -0.2) is 34.8 Å². The average Bonchev–Trinajstić information content (AvgIpc) is 3.01. The van der Waals surface area contributed by atoms with Crippen LogP contribution < -0.4 is 5.32 Å². The molecule has 20 heavy (non-hydrogen) atoms. The molecule has 3 atom stereocenters. The molecule has 3 rings (SSSR count). The molecule has 0 aliphatic carbocycles. The number of aryl methyl sites for hydroxylation is 1. The number of hydrogen-bond acceptors (Lipinski definition) is 3. The number of aromatic nitrogens is 2. The molecule has 2 heterocycles. The van der Waals surface area contributed by atoms with Crippen LogP contribution in [0, 0.1) is 0 Å². The maximum Gasteiger partial charge on any atom is 0.111 e. The Morgan fingerprint density at radius 1 is 1.40 bits per heavy atom. The van der Waals surface area contributed by atoms with Crippen LogP contribution in [0.3, 0.4) is 0 Å². The summed E-state index contributed by atoms with van der Waals surface area (Å²) < 4.78 is 8.19. The zero-order valence-corrected chi connectivity index (χ0v) is 12.5. The van der Waals surface area contributed by atoms with Crippen LogP contribution in [-0.2, 0) is 18.2 Å². The van der Waals surface area contributed by atoms with Crippen LogP contribution in [0.2, 0.25) is 0 Å². The molecule has 0 amide bonds. The van der Waals surface area contributed by atoms with E-state index in [9.17, 15) is 0 Å². The highest BCUT2D eigenvalue weighted by molar-refractivity contribution is 5.75. The summed E-state index contributed by atoms with van der Waals surface area (Å²) in [7, 11) is 4.11. The zero-order chi connectivity index (χ0) is 14.1. The van der Waals surface area contributed by atoms with Crippen molar-refractivity contribution in [3.63, 3.8) is 0 Å². The monoisotopic (exact) mass is 273 g/mol. The van der Waals surface area contributed by atoms with E-state index < -0.39 is 0 Å². The minimum atomic E-state index is 0.301. The fourth-order valence-corrected chi connectivity index (χ4v) is 3.12. The first-order valence-corrected chi connectivity index (χ1v) is 7.42. The van der Waals surface area contributed by atoms with Crippen LogP contribution in [0.4, 0.5) is 0 Å². The van der Waals surface area contributed by atoms with Gasteiger partial charge in [0.2, 0.25) is 0 Å². The van der Waals surface area contributed by atoms with Crippen molar-refractivity contribution in [1.82, 2.24) is 14.9 Å². The number of benzene rings is 1. The summed E-state index contributed by atoms with van der Waals surface area (Å²) in [5.41, 5.74) is 2.26. The summed E-state index contributed by atoms with van der Waals surface area (Å²) >= 11 is 0. The van der Waals surface area contributed by atoms with Crippen molar-refractivity contribution in [1.29, 1.82) is 0 Å². The molecule has 0 spiro atoms. The van der Waals surface area contributed by atoms with Gasteiger partial charge in [-0.05, 0) is 38.9 Å². The Hall–Kier alpha value is -1.39. The number of nitrogens with zero attached hydrogens (tertiary/aromatic N) is 2. The van der Waals surface area contributed by atoms with E-state index in [1.807, 2.05) is 13.1 Å². The second-order valence-electron chi connectivity index (χ2n) is 5.74. The molecule has 0 bridgehead atoms. The van der Waals surface area contributed by atoms with Crippen molar-refractivity contribution >= 4 is 11.0 Å². The van der Waals surface area contributed by atoms with Gasteiger partial charge in [-0.2, -0.15) is 0 Å². The first kappa shape index (κ1) is 13.6. The molecule has 4 heteroatoms. The van der Waals surface area contributed by atoms with E-state index in [2.05, 4.69) is 42.1 Å². The van der Waals surface area contributed by atoms with E-state index in [1.54, 1.807) is 0 Å². The Balaban J connectivity index is 1.82. The first-order valence-electron chi connectivity index (χ1n) is 7.42. The third-order valence-corrected chi connectivity index (χ3v) is 4.37. The lowest BCUT2D eigenvalue weighted by atomic mass is 10.0. The van der Waals surface area contributed by atoms with Crippen molar-refractivity contribution in [2.75, 3.05) is 7.05 Å². The Morgan fingerprint density at radius 3 is 2.85 bits per heavy atom. The molecule has 1 saturated heterocycles. The molecule has 1 aromatic heterocycles. The van der Waals surface area contributed by atoms with Gasteiger partial charge in [-0.25, -0.2) is 4.98 Å². The van der Waals surface area contributed by atoms with Crippen molar-refractivity contribution in [2.24, 2.45) is 7.05 Å². The van der Waals surface area contributed by atoms with Crippen LogP contribution >= 0.6 is 0 Å². The largest absolute Gasteiger partial charge is 0.374 e. The number of imidazole rings is 1. The van der Waals surface area contributed by atoms with Gasteiger partial charge < -0.3 is 14.6 Å². The lowest BCUT2D eigenvalue weighted by Crippen LogP contribution is -2.40. The number of likely N-dealkylation sites (N-methyl/N-ethyl adjacent to an activating group) is 1. The van der Waals surface area contributed by atoms with Gasteiger partial charge >= 0.3 is 0 Å². The molecular weight excluding hydrogens is 250 g/mol. The van der Waals surface area contributed by atoms with Gasteiger partial charge in [0.15, 0.2) is 0 Å². The summed E-state index contributed by atoms with van der Waals surface area (Å²) in [6.07, 6.45) is 3.88. The Kier molecular flexibility index (Phi) is 3.76. The number of ether oxygens (including phenoxy) is 1. The fraction of sp³-hybridized carbons (Fsp3) is 0.562. The maximum atomic E-state index is 6.00. The highest BCUT2D eigenvalue weighted by atomic mass is 16.5. The van der Waals surface area contributed by atoms with Gasteiger partial charge in [0.05, 0.1) is 23.2 Å². The average molecular weight is 273 g/mol. The number of para-hydroxylation sites is 2. The molecule has 1 fully saturated rings. The van der Waals surface area contributed by atoms with Crippen LogP contribution in [0.15, 0.2) is 24.3 Å². The van der Waals surface area contributed by atoms with E-state index in [0.717, 1.165) is 30.6 Å². The molecule has 2 aromatic rings. The van der Waals surface area contributed by atoms with E-state index in [4.69, 9.17) is 9.72 Å². The maximum absolute atomic E-state index is 6.00. The molecule has 0 radical (unpaired) electrons. The van der Waals surface area contributed by atoms with E-state index in [0.29, 0.717) is 18.2 Å². The molecule has 1 aromatic carbocycles. The molecule has 108 valence electrons. The fourth-order valence-electron chi connectivity index (χ4n) is 3.12. The smallest absolute Gasteiger partial charge is 0.111 e. The molecule has 4 nitrogen and oxygen atoms in total. The molecule has 1 N–H and O–H groups in total. The predicted octanol–water partition coefficient (Wildman–Crippen LogP) is 2.27. The van der Waals surface area contributed by atoms with Crippen molar-refractivity contribution in [2.45, 2.75) is 44.4 Å². The number of fused-ring (bicyclic) bond motifs is 1. The SMILES string of the molecule is CNC(Cc1nc2ccccc2n1C)C1CCC(C)O1. The Labute approximate surface area is 120 Å². The minimum absolute atomic E-state index is 0.301. The number of rotatable bonds is 4. The molecule has 1 aliphatic heterocycles. The second kappa shape index (κ2) is 5.54. The Morgan fingerprint density at radius 2 is 2.20 bits per heavy atom. The molecule has 1 aliphatic rings. The zero-order valence-electron chi connectivity index (χ0n) is 12.5. The van der Waals surface area contributed by atoms with Gasteiger partial charge in [-0.15, -0.1) is 0 Å². The summed E-state index contributed by atoms with van der Waals surface area (Å²) in [4.78, 5) is 4.76. The van der Waals surface area contributed by atoms with Gasteiger partial charge in [-0.1, -0.05) is 12.1 Å². The quantitative estimate of drug-likeness (QED) is 0.929. The van der Waals surface area contributed by atoms with Crippen molar-refractivity contribution in [3.05, 3.63) is 30.1 Å². The third-order valence-electron chi connectivity index (χ3n) is 4.37. The van der Waals surface area contributed by atoms with Gasteiger partial charge in [0.25, 0.3) is 0 Å². The molecule has 3 unspecified atom stereocenters. The normalized spacial score (nSPS) is 24.4. The first-order chi connectivity index (χ1) is 9.69. The van der Waals surface area contributed by atoms with Crippen molar-refractivity contribution < 1.29 is 4.74 Å². The second-order valence-corrected chi connectivity index (χ2v) is 5.74. The van der Waals surface area contributed by atoms with Crippen molar-refractivity contribution in [3.8, 4) is 0 Å². The number of nitrogens with one attached hydrogen (secondary N) is 1. The standard InChI is InChI=1S/C16H23N3O/c1-11-8-9-15(20-11)13(17-2)10-16-18-12-6-4-5-7-14(12)19(16)3/h4-7,11,13,15,17H,8-10H2,1-3H3. The topological polar surface area (TPSA) is 39.1 Å². The third kappa shape index (κ3) is 2.45. The van der Waals surface area contributed by atoms with E-state index in [-0.39, 0.29) is 0 Å². The summed E-state index contributed by atoms with van der Waals surface area (Å²) in [5, 5.41) is 3.41. The van der Waals surface area contributed by atoms with Crippen LogP contribution in [0.5, 0.6) is 0 Å². The summed E-state index contributed by atoms with van der Waals surface area (Å²) in [6.45, 7) is 2.15. The molecule has 0 saturated carbocycles. The van der Waals surface area contributed by atoms with Gasteiger partial charge in [-0.3, -0.25) is 0 Å². The molecular formula is C16H23N3O. The van der Waals surface area contributed by atoms with Crippen LogP contribution in [0.25, 0.3) is 11.0 Å². The minimum Gasteiger partial charge on any atom is -0.374 e. The summed E-state index contributed by atoms with van der Waals surface area (Å²) in [6, 6.07) is 8.62. The van der Waals surface area contributed by atoms with Gasteiger partial charge in [0, 0.05) is 19.5 Å². The van der Waals surface area contributed by atoms with E-state index >= 15 is 0 Å². The Bertz CT molecular complexity index is 592. The highest BCUT2D eigenvalue weighted by Gasteiger charge is 2.29. The summed E-state index contributed by atoms with van der Waals surface area (Å²) in [5.74, 6) is 1.12. The van der Waals surface area contributed by atoms with Gasteiger partial charge in [0.1, 0.15) is 5.82 Å². The highest BCUT2D eigenvalue weighted by Crippen LogP contribution is 2.24. The van der Waals surface area contributed by atoms with E-state index in [1.165, 1.54) is 5.52 Å². The van der Waals surface area contributed by atoms with Crippen LogP contribution in [0.1, 0.15) is 25.6 Å². The lowest BCUT2D eigenvalue weighted by molar-refractivity contribution is 0.0332. The lowest BCUT2D eigenvalue weighted by Gasteiger charge is -2.22. The number of hydrogen-bond donors (Lipinski definition) is 1.